The Bertz CT molecular complexity index is 827. The standard InChI is InChI=1S/C20H18O5/c21-16-11-19(22)25-20(12-16,15-4-2-1-3-5-15)9-8-14-6-7-17-18(10-14)24-13-23-17/h1-7,10-11,21H,8-9,12-13H2. The average molecular weight is 338 g/mol. The molecule has 0 spiro atoms. The number of carbonyl (C=O) groups excluding carboxylic acids is 1. The Morgan fingerprint density at radius 3 is 2.64 bits per heavy atom. The molecule has 2 aliphatic rings. The van der Waals surface area contributed by atoms with Crippen molar-refractivity contribution < 1.29 is 24.1 Å². The third-order valence-corrected chi connectivity index (χ3v) is 4.60. The number of carbonyl (C=O) groups is 1. The number of aliphatic hydroxyl groups excluding tert-OH is 1. The van der Waals surface area contributed by atoms with E-state index in [0.29, 0.717) is 12.8 Å². The molecule has 4 rings (SSSR count). The molecule has 0 saturated carbocycles. The monoisotopic (exact) mass is 338 g/mol. The number of benzene rings is 2. The summed E-state index contributed by atoms with van der Waals surface area (Å²) in [5.74, 6) is 1.00. The highest BCUT2D eigenvalue weighted by molar-refractivity contribution is 5.84. The molecule has 1 unspecified atom stereocenters. The second-order valence-electron chi connectivity index (χ2n) is 6.28. The molecule has 2 heterocycles. The lowest BCUT2D eigenvalue weighted by atomic mass is 9.82. The van der Waals surface area contributed by atoms with E-state index in [4.69, 9.17) is 14.2 Å². The second-order valence-corrected chi connectivity index (χ2v) is 6.28. The molecule has 0 radical (unpaired) electrons. The van der Waals surface area contributed by atoms with E-state index in [-0.39, 0.29) is 19.0 Å². The van der Waals surface area contributed by atoms with E-state index in [1.165, 1.54) is 0 Å². The molecule has 2 aliphatic heterocycles. The Hall–Kier alpha value is -2.95. The molecule has 5 nitrogen and oxygen atoms in total. The van der Waals surface area contributed by atoms with Gasteiger partial charge >= 0.3 is 5.97 Å². The van der Waals surface area contributed by atoms with Crippen LogP contribution < -0.4 is 9.47 Å². The van der Waals surface area contributed by atoms with E-state index in [0.717, 1.165) is 28.7 Å². The molecule has 0 amide bonds. The number of rotatable bonds is 4. The number of ether oxygens (including phenoxy) is 3. The van der Waals surface area contributed by atoms with Gasteiger partial charge in [-0.2, -0.15) is 0 Å². The summed E-state index contributed by atoms with van der Waals surface area (Å²) in [4.78, 5) is 11.9. The van der Waals surface area contributed by atoms with E-state index < -0.39 is 11.6 Å². The van der Waals surface area contributed by atoms with Crippen molar-refractivity contribution in [3.8, 4) is 11.5 Å². The fraction of sp³-hybridized carbons (Fsp3) is 0.250. The van der Waals surface area contributed by atoms with Crippen LogP contribution in [0.3, 0.4) is 0 Å². The van der Waals surface area contributed by atoms with Gasteiger partial charge in [-0.3, -0.25) is 0 Å². The van der Waals surface area contributed by atoms with Crippen LogP contribution in [0.1, 0.15) is 24.0 Å². The number of cyclic esters (lactones) is 1. The number of hydrogen-bond acceptors (Lipinski definition) is 5. The van der Waals surface area contributed by atoms with Crippen LogP contribution in [-0.2, 0) is 21.6 Å². The minimum Gasteiger partial charge on any atom is -0.512 e. The molecule has 5 heteroatoms. The largest absolute Gasteiger partial charge is 0.512 e. The number of aliphatic hydroxyl groups is 1. The summed E-state index contributed by atoms with van der Waals surface area (Å²) in [6, 6.07) is 15.4. The van der Waals surface area contributed by atoms with E-state index in [1.807, 2.05) is 48.5 Å². The maximum Gasteiger partial charge on any atom is 0.335 e. The van der Waals surface area contributed by atoms with Crippen molar-refractivity contribution in [1.29, 1.82) is 0 Å². The van der Waals surface area contributed by atoms with Gasteiger partial charge < -0.3 is 19.3 Å². The molecule has 1 N–H and O–H groups in total. The van der Waals surface area contributed by atoms with Crippen LogP contribution in [-0.4, -0.2) is 17.9 Å². The highest BCUT2D eigenvalue weighted by atomic mass is 16.7. The third-order valence-electron chi connectivity index (χ3n) is 4.60. The van der Waals surface area contributed by atoms with Crippen LogP contribution in [0, 0.1) is 0 Å². The van der Waals surface area contributed by atoms with Crippen LogP contribution in [0.4, 0.5) is 0 Å². The highest BCUT2D eigenvalue weighted by Crippen LogP contribution is 2.40. The van der Waals surface area contributed by atoms with Gasteiger partial charge in [0.25, 0.3) is 0 Å². The molecule has 25 heavy (non-hydrogen) atoms. The molecule has 2 aromatic carbocycles. The summed E-state index contributed by atoms with van der Waals surface area (Å²) in [6.45, 7) is 0.239. The van der Waals surface area contributed by atoms with Gasteiger partial charge in [0.15, 0.2) is 11.5 Å². The van der Waals surface area contributed by atoms with Gasteiger partial charge in [-0.1, -0.05) is 36.4 Å². The van der Waals surface area contributed by atoms with Crippen molar-refractivity contribution in [3.05, 3.63) is 71.5 Å². The molecule has 0 fully saturated rings. The van der Waals surface area contributed by atoms with Crippen LogP contribution >= 0.6 is 0 Å². The number of aryl methyl sites for hydroxylation is 1. The van der Waals surface area contributed by atoms with Crippen molar-refractivity contribution in [2.24, 2.45) is 0 Å². The van der Waals surface area contributed by atoms with Crippen molar-refractivity contribution >= 4 is 5.97 Å². The van der Waals surface area contributed by atoms with Crippen LogP contribution in [0.2, 0.25) is 0 Å². The molecular weight excluding hydrogens is 320 g/mol. The van der Waals surface area contributed by atoms with E-state index in [9.17, 15) is 9.90 Å². The molecule has 128 valence electrons. The summed E-state index contributed by atoms with van der Waals surface area (Å²) in [7, 11) is 0. The molecular formula is C20H18O5. The van der Waals surface area contributed by atoms with E-state index in [2.05, 4.69) is 0 Å². The van der Waals surface area contributed by atoms with Crippen LogP contribution in [0.5, 0.6) is 11.5 Å². The first-order chi connectivity index (χ1) is 12.1. The van der Waals surface area contributed by atoms with E-state index >= 15 is 0 Å². The van der Waals surface area contributed by atoms with Gasteiger partial charge in [0.05, 0.1) is 6.08 Å². The minimum atomic E-state index is -0.868. The van der Waals surface area contributed by atoms with Crippen LogP contribution in [0.15, 0.2) is 60.4 Å². The first-order valence-corrected chi connectivity index (χ1v) is 8.21. The molecule has 0 saturated heterocycles. The predicted molar refractivity (Wildman–Crippen MR) is 90.4 cm³/mol. The summed E-state index contributed by atoms with van der Waals surface area (Å²) in [5.41, 5.74) is 1.07. The first-order valence-electron chi connectivity index (χ1n) is 8.21. The Kier molecular flexibility index (Phi) is 3.84. The maximum atomic E-state index is 11.9. The van der Waals surface area contributed by atoms with Gasteiger partial charge in [0, 0.05) is 6.42 Å². The summed E-state index contributed by atoms with van der Waals surface area (Å²) < 4.78 is 16.5. The lowest BCUT2D eigenvalue weighted by Crippen LogP contribution is -2.36. The molecule has 0 bridgehead atoms. The normalized spacial score (nSPS) is 21.6. The fourth-order valence-electron chi connectivity index (χ4n) is 3.37. The Balaban J connectivity index is 1.61. The third kappa shape index (κ3) is 3.05. The van der Waals surface area contributed by atoms with Gasteiger partial charge in [0.2, 0.25) is 6.79 Å². The molecule has 0 aromatic heterocycles. The lowest BCUT2D eigenvalue weighted by molar-refractivity contribution is -0.159. The smallest absolute Gasteiger partial charge is 0.335 e. The number of fused-ring (bicyclic) bond motifs is 1. The van der Waals surface area contributed by atoms with Crippen molar-refractivity contribution in [1.82, 2.24) is 0 Å². The molecule has 1 atom stereocenters. The van der Waals surface area contributed by atoms with E-state index in [1.54, 1.807) is 0 Å². The van der Waals surface area contributed by atoms with Gasteiger partial charge in [-0.15, -0.1) is 0 Å². The van der Waals surface area contributed by atoms with Gasteiger partial charge in [0.1, 0.15) is 11.4 Å². The second kappa shape index (κ2) is 6.16. The number of hydrogen-bond donors (Lipinski definition) is 1. The Labute approximate surface area is 145 Å². The minimum absolute atomic E-state index is 0.0470. The van der Waals surface area contributed by atoms with Crippen molar-refractivity contribution in [3.63, 3.8) is 0 Å². The zero-order valence-corrected chi connectivity index (χ0v) is 13.6. The topological polar surface area (TPSA) is 65.0 Å². The summed E-state index contributed by atoms with van der Waals surface area (Å²) in [6.07, 6.45) is 2.64. The Morgan fingerprint density at radius 1 is 1.04 bits per heavy atom. The SMILES string of the molecule is O=C1C=C(O)CC(CCc2ccc3c(c2)OCO3)(c2ccccc2)O1. The zero-order chi connectivity index (χ0) is 17.3. The predicted octanol–water partition coefficient (Wildman–Crippen LogP) is 3.63. The molecule has 2 aromatic rings. The maximum absolute atomic E-state index is 11.9. The first kappa shape index (κ1) is 15.6. The van der Waals surface area contributed by atoms with Crippen LogP contribution in [0.25, 0.3) is 0 Å². The Morgan fingerprint density at radius 2 is 1.84 bits per heavy atom. The van der Waals surface area contributed by atoms with Gasteiger partial charge in [-0.05, 0) is 36.1 Å². The number of esters is 1. The lowest BCUT2D eigenvalue weighted by Gasteiger charge is -2.36. The summed E-state index contributed by atoms with van der Waals surface area (Å²) >= 11 is 0. The highest BCUT2D eigenvalue weighted by Gasteiger charge is 2.40. The zero-order valence-electron chi connectivity index (χ0n) is 13.6. The average Bonchev–Trinajstić information content (AvgIpc) is 3.08. The summed E-state index contributed by atoms with van der Waals surface area (Å²) in [5, 5.41) is 10.0. The fourth-order valence-corrected chi connectivity index (χ4v) is 3.37. The quantitative estimate of drug-likeness (QED) is 0.863. The van der Waals surface area contributed by atoms with Crippen molar-refractivity contribution in [2.75, 3.05) is 6.79 Å². The molecule has 0 aliphatic carbocycles. The van der Waals surface area contributed by atoms with Crippen molar-refractivity contribution in [2.45, 2.75) is 24.9 Å². The van der Waals surface area contributed by atoms with Gasteiger partial charge in [-0.25, -0.2) is 4.79 Å².